The van der Waals surface area contributed by atoms with Gasteiger partial charge >= 0.3 is 5.97 Å². The van der Waals surface area contributed by atoms with Crippen LogP contribution in [0.5, 0.6) is 0 Å². The van der Waals surface area contributed by atoms with Gasteiger partial charge in [0.1, 0.15) is 5.69 Å². The second kappa shape index (κ2) is 3.65. The number of aromatic nitrogens is 1. The van der Waals surface area contributed by atoms with Gasteiger partial charge < -0.3 is 9.72 Å². The summed E-state index contributed by atoms with van der Waals surface area (Å²) in [7, 11) is 0. The van der Waals surface area contributed by atoms with Crippen molar-refractivity contribution in [3.8, 4) is 0 Å². The van der Waals surface area contributed by atoms with Crippen molar-refractivity contribution < 1.29 is 9.53 Å². The molecule has 1 aromatic rings. The highest BCUT2D eigenvalue weighted by Crippen LogP contribution is 2.24. The lowest BCUT2D eigenvalue weighted by molar-refractivity contribution is 0.0520. The summed E-state index contributed by atoms with van der Waals surface area (Å²) < 4.78 is 4.88. The first-order valence-electron chi connectivity index (χ1n) is 4.72. The summed E-state index contributed by atoms with van der Waals surface area (Å²) >= 11 is 0. The van der Waals surface area contributed by atoms with Gasteiger partial charge in [0.25, 0.3) is 0 Å². The molecular formula is C10H12N2O2. The maximum atomic E-state index is 11.4. The first kappa shape index (κ1) is 8.99. The minimum absolute atomic E-state index is 0.308. The van der Waals surface area contributed by atoms with E-state index in [0.29, 0.717) is 12.3 Å². The van der Waals surface area contributed by atoms with E-state index in [9.17, 15) is 4.79 Å². The lowest BCUT2D eigenvalue weighted by Crippen LogP contribution is -2.05. The molecule has 0 saturated carbocycles. The van der Waals surface area contributed by atoms with Crippen LogP contribution < -0.4 is 0 Å². The van der Waals surface area contributed by atoms with E-state index >= 15 is 0 Å². The molecule has 1 aliphatic heterocycles. The molecular weight excluding hydrogens is 180 g/mol. The van der Waals surface area contributed by atoms with Crippen LogP contribution in [0.1, 0.15) is 29.5 Å². The van der Waals surface area contributed by atoms with Gasteiger partial charge in [-0.3, -0.25) is 4.99 Å². The molecule has 74 valence electrons. The van der Waals surface area contributed by atoms with Crippen LogP contribution in [-0.4, -0.2) is 23.8 Å². The maximum absolute atomic E-state index is 11.4. The number of hydrogen-bond donors (Lipinski definition) is 1. The Kier molecular flexibility index (Phi) is 2.35. The zero-order valence-corrected chi connectivity index (χ0v) is 8.04. The molecule has 0 spiro atoms. The Bertz CT molecular complexity index is 379. The first-order valence-corrected chi connectivity index (χ1v) is 4.72. The number of aromatic amines is 1. The molecule has 1 aromatic heterocycles. The zero-order chi connectivity index (χ0) is 9.97. The van der Waals surface area contributed by atoms with Gasteiger partial charge in [-0.15, -0.1) is 0 Å². The molecule has 0 atom stereocenters. The summed E-state index contributed by atoms with van der Waals surface area (Å²) in [6.45, 7) is 2.19. The van der Waals surface area contributed by atoms with Crippen LogP contribution in [0.25, 0.3) is 0 Å². The van der Waals surface area contributed by atoms with Crippen molar-refractivity contribution in [2.45, 2.75) is 19.8 Å². The number of carbonyl (C=O) groups is 1. The Hall–Kier alpha value is -1.58. The Morgan fingerprint density at radius 2 is 2.57 bits per heavy atom. The van der Waals surface area contributed by atoms with Crippen molar-refractivity contribution in [1.29, 1.82) is 0 Å². The Morgan fingerprint density at radius 1 is 1.71 bits per heavy atom. The fourth-order valence-corrected chi connectivity index (χ4v) is 1.48. The smallest absolute Gasteiger partial charge is 0.354 e. The summed E-state index contributed by atoms with van der Waals surface area (Å²) in [5.74, 6) is -0.308. The molecule has 0 amide bonds. The Labute approximate surface area is 82.0 Å². The highest BCUT2D eigenvalue weighted by atomic mass is 16.5. The molecule has 0 aliphatic carbocycles. The molecule has 0 aromatic carbocycles. The van der Waals surface area contributed by atoms with Gasteiger partial charge in [-0.25, -0.2) is 4.79 Å². The maximum Gasteiger partial charge on any atom is 0.354 e. The molecule has 0 unspecified atom stereocenters. The van der Waals surface area contributed by atoms with Crippen molar-refractivity contribution in [2.24, 2.45) is 4.99 Å². The number of nitrogens with zero attached hydrogens (tertiary/aromatic N) is 1. The van der Waals surface area contributed by atoms with Crippen LogP contribution in [-0.2, 0) is 11.2 Å². The molecule has 14 heavy (non-hydrogen) atoms. The number of ether oxygens (including phenoxy) is 1. The third kappa shape index (κ3) is 1.55. The van der Waals surface area contributed by atoms with Crippen molar-refractivity contribution in [3.05, 3.63) is 17.5 Å². The molecule has 4 nitrogen and oxygen atoms in total. The van der Waals surface area contributed by atoms with Gasteiger partial charge in [0.15, 0.2) is 0 Å². The van der Waals surface area contributed by atoms with Gasteiger partial charge in [0.05, 0.1) is 12.3 Å². The molecule has 2 heterocycles. The first-order chi connectivity index (χ1) is 6.81. The molecule has 4 heteroatoms. The summed E-state index contributed by atoms with van der Waals surface area (Å²) in [5.41, 5.74) is 2.38. The summed E-state index contributed by atoms with van der Waals surface area (Å²) in [6.07, 6.45) is 3.71. The number of carbonyl (C=O) groups excluding carboxylic acids is 1. The Balaban J connectivity index is 2.24. The van der Waals surface area contributed by atoms with E-state index in [-0.39, 0.29) is 5.97 Å². The van der Waals surface area contributed by atoms with Crippen LogP contribution in [0, 0.1) is 0 Å². The predicted molar refractivity (Wildman–Crippen MR) is 53.2 cm³/mol. The fraction of sp³-hybridized carbons (Fsp3) is 0.400. The van der Waals surface area contributed by atoms with Gasteiger partial charge in [-0.05, 0) is 25.8 Å². The molecule has 1 N–H and O–H groups in total. The highest BCUT2D eigenvalue weighted by molar-refractivity contribution is 5.89. The molecule has 1 aliphatic rings. The van der Waals surface area contributed by atoms with Gasteiger partial charge in [0.2, 0.25) is 0 Å². The van der Waals surface area contributed by atoms with Crippen LogP contribution in [0.4, 0.5) is 5.69 Å². The third-order valence-electron chi connectivity index (χ3n) is 2.12. The molecule has 0 fully saturated rings. The number of aliphatic imine (C=N–C) groups is 1. The van der Waals surface area contributed by atoms with Crippen molar-refractivity contribution >= 4 is 17.9 Å². The van der Waals surface area contributed by atoms with Crippen LogP contribution in [0.3, 0.4) is 0 Å². The predicted octanol–water partition coefficient (Wildman–Crippen LogP) is 1.84. The average Bonchev–Trinajstić information content (AvgIpc) is 2.61. The van der Waals surface area contributed by atoms with Crippen LogP contribution >= 0.6 is 0 Å². The number of hydrogen-bond acceptors (Lipinski definition) is 3. The standard InChI is InChI=1S/C10H12N2O2/c1-2-14-10(13)9-6-8-7(12-9)4-3-5-11-8/h5-6,12H,2-4H2,1H3. The summed E-state index contributed by atoms with van der Waals surface area (Å²) in [6, 6.07) is 1.74. The van der Waals surface area contributed by atoms with Crippen LogP contribution in [0.2, 0.25) is 0 Å². The largest absolute Gasteiger partial charge is 0.461 e. The van der Waals surface area contributed by atoms with Gasteiger partial charge in [-0.1, -0.05) is 0 Å². The zero-order valence-electron chi connectivity index (χ0n) is 8.04. The van der Waals surface area contributed by atoms with Gasteiger partial charge in [0, 0.05) is 11.9 Å². The topological polar surface area (TPSA) is 54.5 Å². The number of esters is 1. The van der Waals surface area contributed by atoms with Crippen molar-refractivity contribution in [3.63, 3.8) is 0 Å². The third-order valence-corrected chi connectivity index (χ3v) is 2.12. The number of nitrogens with one attached hydrogen (secondary N) is 1. The average molecular weight is 192 g/mol. The quantitative estimate of drug-likeness (QED) is 0.727. The number of H-pyrrole nitrogens is 1. The lowest BCUT2D eigenvalue weighted by Gasteiger charge is -2.01. The molecule has 2 rings (SSSR count). The van der Waals surface area contributed by atoms with Crippen molar-refractivity contribution in [1.82, 2.24) is 4.98 Å². The monoisotopic (exact) mass is 192 g/mol. The van der Waals surface area contributed by atoms with E-state index in [4.69, 9.17) is 4.74 Å². The SMILES string of the molecule is CCOC(=O)c1cc2c([nH]1)CCC=N2. The second-order valence-corrected chi connectivity index (χ2v) is 3.12. The molecule has 0 radical (unpaired) electrons. The fourth-order valence-electron chi connectivity index (χ4n) is 1.48. The lowest BCUT2D eigenvalue weighted by atomic mass is 10.2. The van der Waals surface area contributed by atoms with E-state index in [1.807, 2.05) is 6.21 Å². The van der Waals surface area contributed by atoms with E-state index in [0.717, 1.165) is 24.2 Å². The number of aryl methyl sites for hydroxylation is 1. The van der Waals surface area contributed by atoms with Crippen molar-refractivity contribution in [2.75, 3.05) is 6.61 Å². The van der Waals surface area contributed by atoms with E-state index in [2.05, 4.69) is 9.98 Å². The van der Waals surface area contributed by atoms with E-state index in [1.165, 1.54) is 0 Å². The second-order valence-electron chi connectivity index (χ2n) is 3.12. The number of rotatable bonds is 2. The van der Waals surface area contributed by atoms with E-state index < -0.39 is 0 Å². The highest BCUT2D eigenvalue weighted by Gasteiger charge is 2.15. The Morgan fingerprint density at radius 3 is 3.29 bits per heavy atom. The molecule has 0 bridgehead atoms. The summed E-state index contributed by atoms with van der Waals surface area (Å²) in [5, 5.41) is 0. The van der Waals surface area contributed by atoms with Gasteiger partial charge in [-0.2, -0.15) is 0 Å². The normalized spacial score (nSPS) is 13.8. The minimum atomic E-state index is -0.308. The van der Waals surface area contributed by atoms with Crippen LogP contribution in [0.15, 0.2) is 11.1 Å². The molecule has 0 saturated heterocycles. The summed E-state index contributed by atoms with van der Waals surface area (Å²) in [4.78, 5) is 18.6. The number of fused-ring (bicyclic) bond motifs is 1. The van der Waals surface area contributed by atoms with E-state index in [1.54, 1.807) is 13.0 Å². The minimum Gasteiger partial charge on any atom is -0.461 e.